The molecule has 8 aliphatic rings. The van der Waals surface area contributed by atoms with E-state index in [1.165, 1.54) is 36.1 Å². The summed E-state index contributed by atoms with van der Waals surface area (Å²) < 4.78 is 64.7. The van der Waals surface area contributed by atoms with Crippen LogP contribution in [0.2, 0.25) is 10.0 Å². The third-order valence-electron chi connectivity index (χ3n) is 24.8. The molecule has 4 atom stereocenters. The minimum Gasteiger partial charge on any atom is -0.481 e. The average molecular weight is 1500 g/mol. The van der Waals surface area contributed by atoms with Gasteiger partial charge < -0.3 is 21.1 Å². The van der Waals surface area contributed by atoms with Crippen LogP contribution in [0.15, 0.2) is 170 Å². The first-order valence-corrected chi connectivity index (χ1v) is 38.7. The summed E-state index contributed by atoms with van der Waals surface area (Å²) in [6.07, 6.45) is 28.6. The Bertz CT molecular complexity index is 4540. The SMILES string of the molecule is CSF.Nc1ccc(Cl)cc1.O=C(Cc1ccc(Cl)cc1)[C@H]1CC12CCC(c1ccnc3ccc(F)cc13)CC2.O=C(O)[C@@H]1CC12CCC(c1ccnc3ccc(F)cc13)CC2.O=C(O)[C@H]1CC12CCC(c1ccnc3ccc(F)cc13)CC2.O=C(O)[C@H]1CC12CCC(c1ccnc3ccc(F)cc13)CC2. The van der Waals surface area contributed by atoms with Crippen molar-refractivity contribution in [1.82, 2.24) is 19.9 Å². The molecule has 4 aromatic heterocycles. The number of carbonyl (C=O) groups excluding carboxylic acids is 1. The van der Waals surface area contributed by atoms with Crippen molar-refractivity contribution >= 4 is 108 Å². The third-order valence-corrected chi connectivity index (χ3v) is 25.3. The normalized spacial score (nSPS) is 27.0. The van der Waals surface area contributed by atoms with E-state index in [1.54, 1.807) is 91.4 Å². The number of nitrogen functional groups attached to an aromatic ring is 1. The summed E-state index contributed by atoms with van der Waals surface area (Å²) in [5.41, 5.74) is 15.5. The highest BCUT2D eigenvalue weighted by Gasteiger charge is 2.61. The lowest BCUT2D eigenvalue weighted by atomic mass is 9.74. The number of aromatic nitrogens is 4. The fourth-order valence-corrected chi connectivity index (χ4v) is 18.7. The van der Waals surface area contributed by atoms with Gasteiger partial charge in [0, 0.05) is 92.8 Å². The van der Waals surface area contributed by atoms with Gasteiger partial charge >= 0.3 is 17.9 Å². The predicted molar refractivity (Wildman–Crippen MR) is 407 cm³/mol. The Morgan fingerprint density at radius 2 is 0.651 bits per heavy atom. The molecule has 5 N–H and O–H groups in total. The number of carboxylic acids is 3. The molecule has 0 saturated heterocycles. The number of anilines is 1. The number of carbonyl (C=O) groups is 4. The van der Waals surface area contributed by atoms with Gasteiger partial charge in [0.25, 0.3) is 0 Å². The standard InChI is InChI=1S/C25H23ClFNO.3C18H18FNO2.C6H6ClN.CH3FS/c26-18-3-1-16(2-4-18)13-24(29)22-15-25(22)10-7-17(8-11-25)20-9-12-28-23-6-5-19(27)14-21(20)23;3*19-12-1-2-16-14(9-12)13(5-8-20-16)11-3-6-18(7-4-11)10-15(18)17(21)22;7-5-1-3-6(8)4-2-5;1-3-2/h1-6,9,12,14,17,22H,7-8,10-11,13,15H2;3*1-2,5,8-9,11,15H,3-4,6-7,10H2,(H,21,22);1-4H,8H2;1H3/t17?,22-,25?;3*11?,15-,18?;;/m1110../s1. The second kappa shape index (κ2) is 32.1. The third kappa shape index (κ3) is 17.0. The van der Waals surface area contributed by atoms with E-state index >= 15 is 0 Å². The van der Waals surface area contributed by atoms with E-state index in [-0.39, 0.29) is 80.7 Å². The van der Waals surface area contributed by atoms with Crippen LogP contribution in [0, 0.1) is 68.6 Å². The van der Waals surface area contributed by atoms with Crippen LogP contribution in [-0.2, 0) is 25.6 Å². The number of nitrogens with zero attached hydrogens (tertiary/aromatic N) is 4. The molecule has 6 aromatic carbocycles. The molecular weight excluding hydrogens is 1410 g/mol. The largest absolute Gasteiger partial charge is 0.481 e. The van der Waals surface area contributed by atoms with Gasteiger partial charge in [-0.15, -0.1) is 0 Å². The highest BCUT2D eigenvalue weighted by Crippen LogP contribution is 2.67. The maximum Gasteiger partial charge on any atom is 0.307 e. The van der Waals surface area contributed by atoms with E-state index in [1.807, 2.05) is 54.7 Å². The van der Waals surface area contributed by atoms with Gasteiger partial charge in [0.05, 0.1) is 39.8 Å². The van der Waals surface area contributed by atoms with Gasteiger partial charge in [-0.25, -0.2) is 17.6 Å². The highest BCUT2D eigenvalue weighted by atomic mass is 35.5. The summed E-state index contributed by atoms with van der Waals surface area (Å²) in [5, 5.41) is 32.6. The Balaban J connectivity index is 0.000000120. The molecule has 106 heavy (non-hydrogen) atoms. The topological polar surface area (TPSA) is 207 Å². The van der Waals surface area contributed by atoms with E-state index < -0.39 is 17.9 Å². The van der Waals surface area contributed by atoms with E-state index in [4.69, 9.17) is 28.9 Å². The maximum absolute atomic E-state index is 13.8. The van der Waals surface area contributed by atoms with Crippen LogP contribution in [0.1, 0.15) is 180 Å². The Labute approximate surface area is 627 Å². The monoisotopic (exact) mass is 1500 g/mol. The molecule has 0 radical (unpaired) electrons. The van der Waals surface area contributed by atoms with Crippen molar-refractivity contribution in [2.45, 2.75) is 159 Å². The zero-order chi connectivity index (χ0) is 74.7. The first-order chi connectivity index (χ1) is 51.0. The molecule has 10 aromatic rings. The Morgan fingerprint density at radius 1 is 0.406 bits per heavy atom. The second-order valence-corrected chi connectivity index (χ2v) is 32.0. The van der Waals surface area contributed by atoms with Crippen LogP contribution in [0.3, 0.4) is 0 Å². The fraction of sp³-hybridized carbons (Fsp3) is 0.395. The molecule has 0 amide bonds. The number of fused-ring (bicyclic) bond motifs is 4. The lowest BCUT2D eigenvalue weighted by molar-refractivity contribution is -0.140. The molecule has 8 saturated carbocycles. The van der Waals surface area contributed by atoms with Crippen molar-refractivity contribution in [2.75, 3.05) is 12.0 Å². The van der Waals surface area contributed by atoms with Gasteiger partial charge in [-0.3, -0.25) is 39.1 Å². The molecule has 4 heterocycles. The molecule has 12 nitrogen and oxygen atoms in total. The fourth-order valence-electron chi connectivity index (χ4n) is 18.5. The summed E-state index contributed by atoms with van der Waals surface area (Å²) in [5.74, 6) is -1.14. The van der Waals surface area contributed by atoms with Gasteiger partial charge in [0.1, 0.15) is 29.1 Å². The summed E-state index contributed by atoms with van der Waals surface area (Å²) >= 11 is 11.7. The minimum atomic E-state index is -0.644. The van der Waals surface area contributed by atoms with Crippen molar-refractivity contribution in [1.29, 1.82) is 0 Å². The zero-order valence-corrected chi connectivity index (χ0v) is 61.4. The number of nitrogens with two attached hydrogens (primary N) is 1. The molecule has 8 fully saturated rings. The lowest BCUT2D eigenvalue weighted by Gasteiger charge is -2.30. The molecule has 552 valence electrons. The van der Waals surface area contributed by atoms with Gasteiger partial charge in [-0.05, 0) is 335 Å². The van der Waals surface area contributed by atoms with Crippen molar-refractivity contribution in [2.24, 2.45) is 45.3 Å². The van der Waals surface area contributed by atoms with Gasteiger partial charge in [0.2, 0.25) is 0 Å². The summed E-state index contributed by atoms with van der Waals surface area (Å²) in [4.78, 5) is 63.6. The molecule has 20 heteroatoms. The summed E-state index contributed by atoms with van der Waals surface area (Å²) in [6.45, 7) is 0. The van der Waals surface area contributed by atoms with Crippen molar-refractivity contribution in [3.8, 4) is 0 Å². The Morgan fingerprint density at radius 3 is 0.896 bits per heavy atom. The molecular formula is C86H86Cl2F5N5O7S. The summed E-state index contributed by atoms with van der Waals surface area (Å²) in [6, 6.07) is 41.7. The first-order valence-electron chi connectivity index (χ1n) is 36.8. The lowest BCUT2D eigenvalue weighted by Crippen LogP contribution is -2.20. The molecule has 8 aliphatic carbocycles. The zero-order valence-electron chi connectivity index (χ0n) is 59.0. The number of ketones is 1. The molecule has 4 spiro atoms. The average Bonchev–Trinajstić information content (AvgIpc) is 1.60. The van der Waals surface area contributed by atoms with Crippen LogP contribution in [0.4, 0.5) is 27.1 Å². The Hall–Kier alpha value is -8.58. The molecule has 0 unspecified atom stereocenters. The smallest absolute Gasteiger partial charge is 0.307 e. The number of hydrogen-bond donors (Lipinski definition) is 4. The van der Waals surface area contributed by atoms with Crippen molar-refractivity contribution in [3.05, 3.63) is 232 Å². The quantitative estimate of drug-likeness (QED) is 0.0744. The van der Waals surface area contributed by atoms with Crippen LogP contribution < -0.4 is 5.73 Å². The highest BCUT2D eigenvalue weighted by molar-refractivity contribution is 7.93. The molecule has 18 rings (SSSR count). The van der Waals surface area contributed by atoms with Crippen LogP contribution in [0.5, 0.6) is 0 Å². The number of rotatable bonds is 10. The van der Waals surface area contributed by atoms with Crippen molar-refractivity contribution in [3.63, 3.8) is 0 Å². The number of halogens is 7. The second-order valence-electron chi connectivity index (χ2n) is 30.8. The maximum atomic E-state index is 13.8. The van der Waals surface area contributed by atoms with E-state index in [9.17, 15) is 55.9 Å². The Kier molecular flexibility index (Phi) is 22.9. The number of pyridine rings is 4. The predicted octanol–water partition coefficient (Wildman–Crippen LogP) is 22.0. The number of hydrogen-bond acceptors (Lipinski definition) is 10. The van der Waals surface area contributed by atoms with E-state index in [0.717, 1.165) is 205 Å². The number of benzene rings is 6. The molecule has 0 bridgehead atoms. The van der Waals surface area contributed by atoms with Crippen molar-refractivity contribution < 1.29 is 55.9 Å². The number of Topliss-reactive ketones (excluding diaryl/α,β-unsaturated/α-hetero) is 1. The van der Waals surface area contributed by atoms with Crippen LogP contribution >= 0.6 is 35.3 Å². The molecule has 0 aliphatic heterocycles. The number of carboxylic acid groups (broad SMARTS) is 3. The van der Waals surface area contributed by atoms with Gasteiger partial charge in [-0.2, -0.15) is 3.89 Å². The van der Waals surface area contributed by atoms with Crippen LogP contribution in [-0.4, -0.2) is 65.2 Å². The summed E-state index contributed by atoms with van der Waals surface area (Å²) in [7, 11) is 0. The van der Waals surface area contributed by atoms with Gasteiger partial charge in [0.15, 0.2) is 0 Å². The van der Waals surface area contributed by atoms with E-state index in [2.05, 4.69) is 19.9 Å². The first kappa shape index (κ1) is 75.6. The minimum absolute atomic E-state index is 0.0520. The van der Waals surface area contributed by atoms with Gasteiger partial charge in [-0.1, -0.05) is 35.3 Å². The number of aliphatic carboxylic acids is 3. The van der Waals surface area contributed by atoms with E-state index in [0.29, 0.717) is 40.9 Å². The van der Waals surface area contributed by atoms with Crippen LogP contribution in [0.25, 0.3) is 43.6 Å².